The standard InChI is InChI=1S/C19H25N5O3/c1-12-8-15(27-5)6-7-17(12)23-19-22-13(2)21-18-16(9-20-24(18)19)14(10-25-3)11-26-4/h6-9,14H,10-11H2,1-5H3,(H,21,22,23). The molecule has 8 heteroatoms. The van der Waals surface area contributed by atoms with Crippen LogP contribution in [-0.4, -0.2) is 54.1 Å². The van der Waals surface area contributed by atoms with Gasteiger partial charge < -0.3 is 19.5 Å². The minimum atomic E-state index is 0.0439. The number of benzene rings is 1. The van der Waals surface area contributed by atoms with Gasteiger partial charge in [0, 0.05) is 31.4 Å². The maximum atomic E-state index is 5.34. The van der Waals surface area contributed by atoms with Gasteiger partial charge in [0.2, 0.25) is 5.95 Å². The fourth-order valence-corrected chi connectivity index (χ4v) is 3.02. The van der Waals surface area contributed by atoms with Crippen molar-refractivity contribution in [1.82, 2.24) is 19.6 Å². The van der Waals surface area contributed by atoms with Crippen molar-refractivity contribution in [2.24, 2.45) is 0 Å². The lowest BCUT2D eigenvalue weighted by molar-refractivity contribution is 0.117. The second kappa shape index (κ2) is 8.32. The monoisotopic (exact) mass is 371 g/mol. The highest BCUT2D eigenvalue weighted by molar-refractivity contribution is 5.62. The van der Waals surface area contributed by atoms with Crippen molar-refractivity contribution in [3.63, 3.8) is 0 Å². The molecule has 0 amide bonds. The molecule has 0 aliphatic carbocycles. The molecule has 0 bridgehead atoms. The molecule has 0 aliphatic rings. The highest BCUT2D eigenvalue weighted by Gasteiger charge is 2.20. The Morgan fingerprint density at radius 3 is 2.44 bits per heavy atom. The number of fused-ring (bicyclic) bond motifs is 1. The Hall–Kier alpha value is -2.71. The number of nitrogens with one attached hydrogen (secondary N) is 1. The molecule has 144 valence electrons. The molecule has 0 fully saturated rings. The average Bonchev–Trinajstić information content (AvgIpc) is 3.07. The van der Waals surface area contributed by atoms with Crippen molar-refractivity contribution in [3.8, 4) is 5.75 Å². The number of rotatable bonds is 8. The number of ether oxygens (including phenoxy) is 3. The molecule has 2 aromatic heterocycles. The molecule has 3 aromatic rings. The summed E-state index contributed by atoms with van der Waals surface area (Å²) in [5, 5.41) is 7.85. The molecule has 1 aromatic carbocycles. The lowest BCUT2D eigenvalue weighted by Crippen LogP contribution is -2.13. The van der Waals surface area contributed by atoms with E-state index in [9.17, 15) is 0 Å². The van der Waals surface area contributed by atoms with E-state index in [1.54, 1.807) is 32.0 Å². The zero-order valence-electron chi connectivity index (χ0n) is 16.3. The van der Waals surface area contributed by atoms with E-state index in [4.69, 9.17) is 14.2 Å². The smallest absolute Gasteiger partial charge is 0.232 e. The minimum Gasteiger partial charge on any atom is -0.497 e. The second-order valence-electron chi connectivity index (χ2n) is 6.34. The number of aromatic nitrogens is 4. The molecule has 0 spiro atoms. The number of hydrogen-bond donors (Lipinski definition) is 1. The molecular formula is C19H25N5O3. The highest BCUT2D eigenvalue weighted by atomic mass is 16.5. The third-order valence-electron chi connectivity index (χ3n) is 4.36. The predicted octanol–water partition coefficient (Wildman–Crippen LogP) is 2.87. The van der Waals surface area contributed by atoms with Crippen LogP contribution in [0, 0.1) is 13.8 Å². The third kappa shape index (κ3) is 4.01. The lowest BCUT2D eigenvalue weighted by Gasteiger charge is -2.14. The van der Waals surface area contributed by atoms with Crippen molar-refractivity contribution >= 4 is 17.3 Å². The molecule has 0 unspecified atom stereocenters. The first-order chi connectivity index (χ1) is 13.1. The van der Waals surface area contributed by atoms with Crippen LogP contribution in [0.5, 0.6) is 5.75 Å². The number of hydrogen-bond acceptors (Lipinski definition) is 7. The first-order valence-electron chi connectivity index (χ1n) is 8.69. The molecule has 0 radical (unpaired) electrons. The highest BCUT2D eigenvalue weighted by Crippen LogP contribution is 2.26. The van der Waals surface area contributed by atoms with E-state index in [0.29, 0.717) is 25.0 Å². The fraction of sp³-hybridized carbons (Fsp3) is 0.421. The van der Waals surface area contributed by atoms with E-state index in [2.05, 4.69) is 20.4 Å². The van der Waals surface area contributed by atoms with Gasteiger partial charge in [-0.2, -0.15) is 14.6 Å². The fourth-order valence-electron chi connectivity index (χ4n) is 3.02. The molecule has 3 rings (SSSR count). The van der Waals surface area contributed by atoms with Crippen molar-refractivity contribution < 1.29 is 14.2 Å². The first kappa shape index (κ1) is 19.1. The zero-order chi connectivity index (χ0) is 19.4. The van der Waals surface area contributed by atoms with Gasteiger partial charge in [-0.1, -0.05) is 0 Å². The molecular weight excluding hydrogens is 346 g/mol. The van der Waals surface area contributed by atoms with Crippen molar-refractivity contribution in [2.75, 3.05) is 39.9 Å². The number of nitrogens with zero attached hydrogens (tertiary/aromatic N) is 4. The first-order valence-corrected chi connectivity index (χ1v) is 8.69. The maximum Gasteiger partial charge on any atom is 0.232 e. The van der Waals surface area contributed by atoms with Crippen LogP contribution in [0.1, 0.15) is 22.9 Å². The van der Waals surface area contributed by atoms with E-state index in [0.717, 1.165) is 28.2 Å². The Morgan fingerprint density at radius 2 is 1.81 bits per heavy atom. The van der Waals surface area contributed by atoms with Crippen LogP contribution >= 0.6 is 0 Å². The Morgan fingerprint density at radius 1 is 1.07 bits per heavy atom. The summed E-state index contributed by atoms with van der Waals surface area (Å²) in [6.07, 6.45) is 1.80. The quantitative estimate of drug-likeness (QED) is 0.652. The normalized spacial score (nSPS) is 11.3. The van der Waals surface area contributed by atoms with Crippen LogP contribution in [0.4, 0.5) is 11.6 Å². The lowest BCUT2D eigenvalue weighted by atomic mass is 10.0. The summed E-state index contributed by atoms with van der Waals surface area (Å²) < 4.78 is 17.7. The molecule has 1 N–H and O–H groups in total. The minimum absolute atomic E-state index is 0.0439. The summed E-state index contributed by atoms with van der Waals surface area (Å²) in [6.45, 7) is 4.93. The Kier molecular flexibility index (Phi) is 5.88. The summed E-state index contributed by atoms with van der Waals surface area (Å²) in [6, 6.07) is 5.83. The second-order valence-corrected chi connectivity index (χ2v) is 6.34. The molecule has 0 saturated heterocycles. The van der Waals surface area contributed by atoms with Crippen molar-refractivity contribution in [1.29, 1.82) is 0 Å². The molecule has 0 saturated carbocycles. The van der Waals surface area contributed by atoms with Gasteiger partial charge in [-0.3, -0.25) is 0 Å². The van der Waals surface area contributed by atoms with E-state index in [-0.39, 0.29) is 5.92 Å². The summed E-state index contributed by atoms with van der Waals surface area (Å²) in [7, 11) is 5.00. The van der Waals surface area contributed by atoms with E-state index in [1.165, 1.54) is 0 Å². The number of methoxy groups -OCH3 is 3. The van der Waals surface area contributed by atoms with Crippen LogP contribution in [0.2, 0.25) is 0 Å². The van der Waals surface area contributed by atoms with E-state index in [1.807, 2.05) is 32.0 Å². The summed E-state index contributed by atoms with van der Waals surface area (Å²) >= 11 is 0. The van der Waals surface area contributed by atoms with Crippen LogP contribution in [-0.2, 0) is 9.47 Å². The van der Waals surface area contributed by atoms with Gasteiger partial charge >= 0.3 is 0 Å². The van der Waals surface area contributed by atoms with Crippen LogP contribution in [0.15, 0.2) is 24.4 Å². The predicted molar refractivity (Wildman–Crippen MR) is 103 cm³/mol. The molecule has 2 heterocycles. The van der Waals surface area contributed by atoms with E-state index >= 15 is 0 Å². The Labute approximate surface area is 158 Å². The summed E-state index contributed by atoms with van der Waals surface area (Å²) in [5.41, 5.74) is 3.69. The largest absolute Gasteiger partial charge is 0.497 e. The topological polar surface area (TPSA) is 82.8 Å². The third-order valence-corrected chi connectivity index (χ3v) is 4.36. The van der Waals surface area contributed by atoms with Crippen LogP contribution < -0.4 is 10.1 Å². The van der Waals surface area contributed by atoms with E-state index < -0.39 is 0 Å². The summed E-state index contributed by atoms with van der Waals surface area (Å²) in [4.78, 5) is 9.12. The zero-order valence-corrected chi connectivity index (χ0v) is 16.3. The molecule has 27 heavy (non-hydrogen) atoms. The molecule has 0 atom stereocenters. The van der Waals surface area contributed by atoms with Crippen LogP contribution in [0.25, 0.3) is 5.65 Å². The van der Waals surface area contributed by atoms with Gasteiger partial charge in [-0.25, -0.2) is 4.98 Å². The van der Waals surface area contributed by atoms with Gasteiger partial charge in [-0.05, 0) is 37.6 Å². The number of aryl methyl sites for hydroxylation is 2. The average molecular weight is 371 g/mol. The maximum absolute atomic E-state index is 5.34. The van der Waals surface area contributed by atoms with Gasteiger partial charge in [0.1, 0.15) is 11.6 Å². The molecule has 8 nitrogen and oxygen atoms in total. The van der Waals surface area contributed by atoms with Gasteiger partial charge in [-0.15, -0.1) is 0 Å². The van der Waals surface area contributed by atoms with Gasteiger partial charge in [0.05, 0.1) is 26.5 Å². The summed E-state index contributed by atoms with van der Waals surface area (Å²) in [5.74, 6) is 2.12. The van der Waals surface area contributed by atoms with Crippen molar-refractivity contribution in [3.05, 3.63) is 41.3 Å². The van der Waals surface area contributed by atoms with Crippen LogP contribution in [0.3, 0.4) is 0 Å². The van der Waals surface area contributed by atoms with Crippen molar-refractivity contribution in [2.45, 2.75) is 19.8 Å². The molecule has 0 aliphatic heterocycles. The number of anilines is 2. The van der Waals surface area contributed by atoms with Gasteiger partial charge in [0.15, 0.2) is 5.65 Å². The van der Waals surface area contributed by atoms with Gasteiger partial charge in [0.25, 0.3) is 0 Å². The Bertz CT molecular complexity index is 919. The Balaban J connectivity index is 2.02. The SMILES string of the molecule is COCC(COC)c1cnn2c(Nc3ccc(OC)cc3C)nc(C)nc12.